The molecule has 138 valence electrons. The van der Waals surface area contributed by atoms with Crippen molar-refractivity contribution in [1.29, 1.82) is 0 Å². The molecule has 0 saturated carbocycles. The van der Waals surface area contributed by atoms with Crippen LogP contribution in [0, 0.1) is 20.8 Å². The zero-order valence-electron chi connectivity index (χ0n) is 16.8. The molecule has 0 amide bonds. The minimum atomic E-state index is -2.43. The second-order valence-electron chi connectivity index (χ2n) is 7.56. The molecule has 0 spiro atoms. The number of aryl methyl sites for hydroxylation is 3. The summed E-state index contributed by atoms with van der Waals surface area (Å²) in [4.78, 5) is 0. The third-order valence-electron chi connectivity index (χ3n) is 5.85. The second-order valence-corrected chi connectivity index (χ2v) is 11.3. The van der Waals surface area contributed by atoms with Crippen LogP contribution in [-0.2, 0) is 0 Å². The van der Waals surface area contributed by atoms with Crippen LogP contribution in [0.4, 0.5) is 0 Å². The average Bonchev–Trinajstić information content (AvgIpc) is 2.73. The molecule has 0 aromatic heterocycles. The molecule has 0 bridgehead atoms. The van der Waals surface area contributed by atoms with Crippen LogP contribution in [0.15, 0.2) is 103 Å². The van der Waals surface area contributed by atoms with Crippen molar-refractivity contribution in [2.75, 3.05) is 0 Å². The number of hydrogen-bond acceptors (Lipinski definition) is 0. The van der Waals surface area contributed by atoms with Crippen molar-refractivity contribution in [1.82, 2.24) is 0 Å². The topological polar surface area (TPSA) is 0 Å². The van der Waals surface area contributed by atoms with Gasteiger partial charge < -0.3 is 0 Å². The first-order valence-corrected chi connectivity index (χ1v) is 11.9. The van der Waals surface area contributed by atoms with E-state index in [0.29, 0.717) is 0 Å². The van der Waals surface area contributed by atoms with E-state index >= 15 is 0 Å². The molecule has 0 fully saturated rings. The molecular weight excluding hydrogens is 352 g/mol. The van der Waals surface area contributed by atoms with Crippen LogP contribution in [0.25, 0.3) is 0 Å². The molecule has 0 N–H and O–H groups in total. The number of rotatable bonds is 4. The highest BCUT2D eigenvalue weighted by Gasteiger charge is 2.43. The molecule has 28 heavy (non-hydrogen) atoms. The molecule has 0 aliphatic heterocycles. The fourth-order valence-corrected chi connectivity index (χ4v) is 10.1. The van der Waals surface area contributed by atoms with Gasteiger partial charge in [0, 0.05) is 0 Å². The van der Waals surface area contributed by atoms with E-state index in [4.69, 9.17) is 0 Å². The van der Waals surface area contributed by atoms with Gasteiger partial charge in [0.05, 0.1) is 0 Å². The first kappa shape index (κ1) is 18.5. The van der Waals surface area contributed by atoms with Crippen LogP contribution in [0.2, 0.25) is 0 Å². The molecule has 4 rings (SSSR count). The van der Waals surface area contributed by atoms with Gasteiger partial charge in [-0.25, -0.2) is 0 Å². The monoisotopic (exact) mass is 378 g/mol. The molecule has 4 aromatic rings. The summed E-state index contributed by atoms with van der Waals surface area (Å²) in [6.45, 7) is 6.78. The van der Waals surface area contributed by atoms with E-state index in [0.717, 1.165) is 0 Å². The summed E-state index contributed by atoms with van der Waals surface area (Å²) in [5.41, 5.74) is 4.10. The van der Waals surface area contributed by atoms with Crippen molar-refractivity contribution in [2.45, 2.75) is 20.8 Å². The summed E-state index contributed by atoms with van der Waals surface area (Å²) in [5, 5.41) is 5.87. The van der Waals surface area contributed by atoms with E-state index in [2.05, 4.69) is 124 Å². The zero-order chi connectivity index (χ0) is 19.6. The Kier molecular flexibility index (Phi) is 5.02. The van der Waals surface area contributed by atoms with Crippen LogP contribution in [0.5, 0.6) is 0 Å². The SMILES string of the molecule is Cc1ccccc1[Si](c1ccccc1)(c1ccccc1C)c1ccccc1C. The Morgan fingerprint density at radius 3 is 1.07 bits per heavy atom. The predicted molar refractivity (Wildman–Crippen MR) is 124 cm³/mol. The summed E-state index contributed by atoms with van der Waals surface area (Å²) in [7, 11) is -2.43. The molecule has 0 heterocycles. The van der Waals surface area contributed by atoms with Gasteiger partial charge in [-0.3, -0.25) is 0 Å². The van der Waals surface area contributed by atoms with Gasteiger partial charge in [0.15, 0.2) is 8.07 Å². The Balaban J connectivity index is 2.24. The van der Waals surface area contributed by atoms with E-state index in [9.17, 15) is 0 Å². The van der Waals surface area contributed by atoms with Gasteiger partial charge in [0.25, 0.3) is 0 Å². The predicted octanol–water partition coefficient (Wildman–Crippen LogP) is 3.99. The lowest BCUT2D eigenvalue weighted by atomic mass is 10.2. The standard InChI is InChI=1S/C27H26Si/c1-21-13-7-10-18-25(21)28(24-16-5-4-6-17-24,26-19-11-8-14-22(26)2)27-20-12-9-15-23(27)3/h4-20H,1-3H3. The lowest BCUT2D eigenvalue weighted by Gasteiger charge is -2.37. The summed E-state index contributed by atoms with van der Waals surface area (Å²) in [6, 6.07) is 38.0. The van der Waals surface area contributed by atoms with Crippen molar-refractivity contribution >= 4 is 28.8 Å². The van der Waals surface area contributed by atoms with Crippen LogP contribution in [0.3, 0.4) is 0 Å². The fraction of sp³-hybridized carbons (Fsp3) is 0.111. The van der Waals surface area contributed by atoms with E-state index in [-0.39, 0.29) is 0 Å². The minimum Gasteiger partial charge on any atom is -0.0623 e. The highest BCUT2D eigenvalue weighted by Crippen LogP contribution is 2.15. The van der Waals surface area contributed by atoms with Crippen molar-refractivity contribution in [3.8, 4) is 0 Å². The van der Waals surface area contributed by atoms with Gasteiger partial charge in [-0.2, -0.15) is 0 Å². The van der Waals surface area contributed by atoms with Gasteiger partial charge in [-0.15, -0.1) is 0 Å². The third kappa shape index (κ3) is 2.92. The summed E-state index contributed by atoms with van der Waals surface area (Å²) in [5.74, 6) is 0. The van der Waals surface area contributed by atoms with Crippen molar-refractivity contribution in [2.24, 2.45) is 0 Å². The summed E-state index contributed by atoms with van der Waals surface area (Å²) < 4.78 is 0. The van der Waals surface area contributed by atoms with Crippen LogP contribution in [0.1, 0.15) is 16.7 Å². The molecule has 0 atom stereocenters. The van der Waals surface area contributed by atoms with Gasteiger partial charge in [0.1, 0.15) is 0 Å². The summed E-state index contributed by atoms with van der Waals surface area (Å²) in [6.07, 6.45) is 0. The fourth-order valence-electron chi connectivity index (χ4n) is 4.57. The molecular formula is C27H26Si. The second kappa shape index (κ2) is 7.61. The maximum Gasteiger partial charge on any atom is 0.180 e. The van der Waals surface area contributed by atoms with Crippen LogP contribution in [-0.4, -0.2) is 8.07 Å². The van der Waals surface area contributed by atoms with Gasteiger partial charge in [-0.05, 0) is 41.5 Å². The first-order chi connectivity index (χ1) is 13.7. The minimum absolute atomic E-state index is 1.37. The highest BCUT2D eigenvalue weighted by molar-refractivity contribution is 7.20. The molecule has 0 unspecified atom stereocenters. The molecule has 0 aliphatic carbocycles. The number of hydrogen-bond donors (Lipinski definition) is 0. The zero-order valence-corrected chi connectivity index (χ0v) is 17.8. The highest BCUT2D eigenvalue weighted by atomic mass is 28.3. The Morgan fingerprint density at radius 2 is 0.714 bits per heavy atom. The molecule has 0 radical (unpaired) electrons. The maximum absolute atomic E-state index is 2.43. The number of benzene rings is 4. The average molecular weight is 379 g/mol. The summed E-state index contributed by atoms with van der Waals surface area (Å²) >= 11 is 0. The van der Waals surface area contributed by atoms with Crippen molar-refractivity contribution < 1.29 is 0 Å². The Labute approximate surface area is 169 Å². The quantitative estimate of drug-likeness (QED) is 0.372. The molecule has 0 aliphatic rings. The van der Waals surface area contributed by atoms with Crippen LogP contribution >= 0.6 is 0 Å². The van der Waals surface area contributed by atoms with Crippen LogP contribution < -0.4 is 20.7 Å². The Hall–Kier alpha value is -2.90. The molecule has 0 nitrogen and oxygen atoms in total. The lowest BCUT2D eigenvalue weighted by Crippen LogP contribution is -2.76. The smallest absolute Gasteiger partial charge is 0.0623 e. The van der Waals surface area contributed by atoms with E-state index in [1.165, 1.54) is 37.4 Å². The maximum atomic E-state index is 2.35. The molecule has 4 aromatic carbocycles. The van der Waals surface area contributed by atoms with E-state index < -0.39 is 8.07 Å². The van der Waals surface area contributed by atoms with E-state index in [1.54, 1.807) is 0 Å². The Bertz CT molecular complexity index is 985. The normalized spacial score (nSPS) is 11.4. The van der Waals surface area contributed by atoms with Gasteiger partial charge >= 0.3 is 0 Å². The van der Waals surface area contributed by atoms with Gasteiger partial charge in [-0.1, -0.05) is 120 Å². The third-order valence-corrected chi connectivity index (χ3v) is 11.2. The van der Waals surface area contributed by atoms with E-state index in [1.807, 2.05) is 0 Å². The lowest BCUT2D eigenvalue weighted by molar-refractivity contribution is 1.46. The van der Waals surface area contributed by atoms with Crippen molar-refractivity contribution in [3.63, 3.8) is 0 Å². The molecule has 0 saturated heterocycles. The first-order valence-electron chi connectivity index (χ1n) is 9.89. The molecule has 1 heteroatoms. The Morgan fingerprint density at radius 1 is 0.393 bits per heavy atom. The van der Waals surface area contributed by atoms with Crippen molar-refractivity contribution in [3.05, 3.63) is 120 Å². The largest absolute Gasteiger partial charge is 0.180 e. The van der Waals surface area contributed by atoms with Gasteiger partial charge in [0.2, 0.25) is 0 Å².